The maximum absolute atomic E-state index is 5.99. The van der Waals surface area contributed by atoms with Crippen molar-refractivity contribution in [3.05, 3.63) is 64.7 Å². The number of hydrogen-bond acceptors (Lipinski definition) is 5. The van der Waals surface area contributed by atoms with Crippen LogP contribution >= 0.6 is 11.6 Å². The zero-order valence-electron chi connectivity index (χ0n) is 14.7. The van der Waals surface area contributed by atoms with Crippen molar-refractivity contribution in [1.82, 2.24) is 20.2 Å². The van der Waals surface area contributed by atoms with E-state index in [1.807, 2.05) is 48.5 Å². The van der Waals surface area contributed by atoms with Crippen LogP contribution in [0.5, 0.6) is 5.75 Å². The average Bonchev–Trinajstić information content (AvgIpc) is 3.11. The molecular formula is C19H22ClN5O. The van der Waals surface area contributed by atoms with Crippen LogP contribution in [-0.4, -0.2) is 20.2 Å². The van der Waals surface area contributed by atoms with Crippen molar-refractivity contribution in [3.63, 3.8) is 0 Å². The standard InChI is InChI=1S/C19H22ClN5O/c1-2-3-11-25-19(22-23-24-25)21-13-15-7-9-18(10-8-15)26-14-16-5-4-6-17(20)12-16/h4-10,12H,2-3,11,13-14H2,1H3,(H,21,22,24). The van der Waals surface area contributed by atoms with Crippen molar-refractivity contribution in [2.45, 2.75) is 39.5 Å². The van der Waals surface area contributed by atoms with Crippen LogP contribution in [0.1, 0.15) is 30.9 Å². The van der Waals surface area contributed by atoms with Gasteiger partial charge in [0.1, 0.15) is 12.4 Å². The summed E-state index contributed by atoms with van der Waals surface area (Å²) in [6, 6.07) is 15.6. The van der Waals surface area contributed by atoms with E-state index in [9.17, 15) is 0 Å². The van der Waals surface area contributed by atoms with Gasteiger partial charge in [0.2, 0.25) is 5.95 Å². The summed E-state index contributed by atoms with van der Waals surface area (Å²) in [5.41, 5.74) is 2.17. The lowest BCUT2D eigenvalue weighted by Crippen LogP contribution is -2.09. The molecule has 3 aromatic rings. The second-order valence-electron chi connectivity index (χ2n) is 6.00. The highest BCUT2D eigenvalue weighted by Crippen LogP contribution is 2.17. The van der Waals surface area contributed by atoms with E-state index in [-0.39, 0.29) is 0 Å². The molecule has 6 nitrogen and oxygen atoms in total. The van der Waals surface area contributed by atoms with Crippen molar-refractivity contribution in [2.24, 2.45) is 0 Å². The summed E-state index contributed by atoms with van der Waals surface area (Å²) in [6.45, 7) is 4.11. The second kappa shape index (κ2) is 9.20. The first-order valence-corrected chi connectivity index (χ1v) is 9.08. The largest absolute Gasteiger partial charge is 0.489 e. The van der Waals surface area contributed by atoms with E-state index in [2.05, 4.69) is 27.8 Å². The molecule has 1 N–H and O–H groups in total. The maximum atomic E-state index is 5.99. The Labute approximate surface area is 158 Å². The Hall–Kier alpha value is -2.60. The number of unbranched alkanes of at least 4 members (excludes halogenated alkanes) is 1. The molecule has 0 aliphatic rings. The fourth-order valence-corrected chi connectivity index (χ4v) is 2.68. The minimum atomic E-state index is 0.490. The Bertz CT molecular complexity index is 819. The predicted octanol–water partition coefficient (Wildman–Crippen LogP) is 4.32. The van der Waals surface area contributed by atoms with Crippen molar-refractivity contribution in [1.29, 1.82) is 0 Å². The van der Waals surface area contributed by atoms with E-state index in [0.717, 1.165) is 36.3 Å². The monoisotopic (exact) mass is 371 g/mol. The van der Waals surface area contributed by atoms with E-state index in [4.69, 9.17) is 16.3 Å². The molecule has 0 spiro atoms. The van der Waals surface area contributed by atoms with Crippen LogP contribution in [0.15, 0.2) is 48.5 Å². The van der Waals surface area contributed by atoms with Gasteiger partial charge in [-0.05, 0) is 52.2 Å². The number of nitrogens with zero attached hydrogens (tertiary/aromatic N) is 4. The summed E-state index contributed by atoms with van der Waals surface area (Å²) in [7, 11) is 0. The van der Waals surface area contributed by atoms with E-state index in [0.29, 0.717) is 24.1 Å². The molecular weight excluding hydrogens is 350 g/mol. The molecule has 0 saturated carbocycles. The van der Waals surface area contributed by atoms with Crippen LogP contribution in [-0.2, 0) is 19.7 Å². The number of benzene rings is 2. The molecule has 1 heterocycles. The summed E-state index contributed by atoms with van der Waals surface area (Å²) < 4.78 is 7.60. The van der Waals surface area contributed by atoms with E-state index in [1.165, 1.54) is 0 Å². The molecule has 3 rings (SSSR count). The molecule has 26 heavy (non-hydrogen) atoms. The van der Waals surface area contributed by atoms with Gasteiger partial charge >= 0.3 is 0 Å². The van der Waals surface area contributed by atoms with Gasteiger partial charge in [0.25, 0.3) is 0 Å². The quantitative estimate of drug-likeness (QED) is 0.606. The molecule has 0 aliphatic carbocycles. The van der Waals surface area contributed by atoms with Gasteiger partial charge in [0.05, 0.1) is 0 Å². The maximum Gasteiger partial charge on any atom is 0.243 e. The Morgan fingerprint density at radius 3 is 2.73 bits per heavy atom. The molecule has 1 aromatic heterocycles. The van der Waals surface area contributed by atoms with Gasteiger partial charge in [-0.1, -0.05) is 54.3 Å². The summed E-state index contributed by atoms with van der Waals surface area (Å²) in [6.07, 6.45) is 2.16. The molecule has 0 saturated heterocycles. The molecule has 136 valence electrons. The number of tetrazole rings is 1. The van der Waals surface area contributed by atoms with Gasteiger partial charge in [-0.15, -0.1) is 0 Å². The molecule has 0 aliphatic heterocycles. The van der Waals surface area contributed by atoms with Crippen molar-refractivity contribution >= 4 is 17.5 Å². The highest BCUT2D eigenvalue weighted by molar-refractivity contribution is 6.30. The molecule has 0 bridgehead atoms. The smallest absolute Gasteiger partial charge is 0.243 e. The minimum absolute atomic E-state index is 0.490. The number of aryl methyl sites for hydroxylation is 1. The molecule has 2 aromatic carbocycles. The number of nitrogens with one attached hydrogen (secondary N) is 1. The predicted molar refractivity (Wildman–Crippen MR) is 102 cm³/mol. The molecule has 0 atom stereocenters. The first-order chi connectivity index (χ1) is 12.7. The minimum Gasteiger partial charge on any atom is -0.489 e. The summed E-state index contributed by atoms with van der Waals surface area (Å²) >= 11 is 5.99. The fraction of sp³-hybridized carbons (Fsp3) is 0.316. The summed E-state index contributed by atoms with van der Waals surface area (Å²) in [5, 5.41) is 15.8. The number of ether oxygens (including phenoxy) is 1. The number of hydrogen-bond donors (Lipinski definition) is 1. The van der Waals surface area contributed by atoms with Crippen LogP contribution in [0.2, 0.25) is 5.02 Å². The van der Waals surface area contributed by atoms with Gasteiger partial charge in [-0.2, -0.15) is 0 Å². The first kappa shape index (κ1) is 18.2. The lowest BCUT2D eigenvalue weighted by atomic mass is 10.2. The van der Waals surface area contributed by atoms with Gasteiger partial charge in [-0.3, -0.25) is 0 Å². The summed E-state index contributed by atoms with van der Waals surface area (Å²) in [5.74, 6) is 1.52. The Balaban J connectivity index is 1.51. The van der Waals surface area contributed by atoms with Gasteiger partial charge in [0, 0.05) is 18.1 Å². The number of rotatable bonds is 9. The van der Waals surface area contributed by atoms with Crippen LogP contribution < -0.4 is 10.1 Å². The van der Waals surface area contributed by atoms with Crippen molar-refractivity contribution < 1.29 is 4.74 Å². The van der Waals surface area contributed by atoms with Crippen LogP contribution in [0.3, 0.4) is 0 Å². The molecule has 7 heteroatoms. The van der Waals surface area contributed by atoms with E-state index >= 15 is 0 Å². The number of aromatic nitrogens is 4. The topological polar surface area (TPSA) is 64.9 Å². The van der Waals surface area contributed by atoms with Gasteiger partial charge < -0.3 is 10.1 Å². The Morgan fingerprint density at radius 2 is 1.96 bits per heavy atom. The highest BCUT2D eigenvalue weighted by atomic mass is 35.5. The van der Waals surface area contributed by atoms with Crippen molar-refractivity contribution in [3.8, 4) is 5.75 Å². The Kier molecular flexibility index (Phi) is 6.44. The lowest BCUT2D eigenvalue weighted by Gasteiger charge is -2.09. The van der Waals surface area contributed by atoms with Crippen LogP contribution in [0.25, 0.3) is 0 Å². The molecule has 0 fully saturated rings. The van der Waals surface area contributed by atoms with Gasteiger partial charge in [-0.25, -0.2) is 4.68 Å². The average molecular weight is 372 g/mol. The molecule has 0 unspecified atom stereocenters. The Morgan fingerprint density at radius 1 is 1.12 bits per heavy atom. The molecule has 0 radical (unpaired) electrons. The van der Waals surface area contributed by atoms with E-state index < -0.39 is 0 Å². The number of halogens is 1. The van der Waals surface area contributed by atoms with Gasteiger partial charge in [0.15, 0.2) is 0 Å². The molecule has 0 amide bonds. The normalized spacial score (nSPS) is 10.7. The SMILES string of the molecule is CCCCn1nnnc1NCc1ccc(OCc2cccc(Cl)c2)cc1. The third-order valence-electron chi connectivity index (χ3n) is 3.92. The summed E-state index contributed by atoms with van der Waals surface area (Å²) in [4.78, 5) is 0. The van der Waals surface area contributed by atoms with Crippen LogP contribution in [0.4, 0.5) is 5.95 Å². The zero-order chi connectivity index (χ0) is 18.2. The highest BCUT2D eigenvalue weighted by Gasteiger charge is 2.05. The third kappa shape index (κ3) is 5.20. The second-order valence-corrected chi connectivity index (χ2v) is 6.43. The van der Waals surface area contributed by atoms with Crippen LogP contribution in [0, 0.1) is 0 Å². The first-order valence-electron chi connectivity index (χ1n) is 8.71. The van der Waals surface area contributed by atoms with Crippen molar-refractivity contribution in [2.75, 3.05) is 5.32 Å². The lowest BCUT2D eigenvalue weighted by molar-refractivity contribution is 0.306. The number of anilines is 1. The third-order valence-corrected chi connectivity index (χ3v) is 4.16. The fourth-order valence-electron chi connectivity index (χ4n) is 2.47. The van der Waals surface area contributed by atoms with E-state index in [1.54, 1.807) is 4.68 Å². The zero-order valence-corrected chi connectivity index (χ0v) is 15.5.